The van der Waals surface area contributed by atoms with Crippen molar-refractivity contribution in [2.24, 2.45) is 5.92 Å². The topological polar surface area (TPSA) is 46.5 Å². The summed E-state index contributed by atoms with van der Waals surface area (Å²) in [6, 6.07) is 9.54. The number of carboxylic acids is 1. The van der Waals surface area contributed by atoms with Gasteiger partial charge in [-0.05, 0) is 46.9 Å². The molecule has 4 heteroatoms. The normalized spacial score (nSPS) is 12.1. The maximum absolute atomic E-state index is 11.4. The summed E-state index contributed by atoms with van der Waals surface area (Å²) in [6.45, 7) is 0. The smallest absolute Gasteiger partial charge is 0.307 e. The van der Waals surface area contributed by atoms with Crippen molar-refractivity contribution >= 4 is 17.3 Å². The maximum atomic E-state index is 11.4. The van der Waals surface area contributed by atoms with Crippen molar-refractivity contribution in [2.75, 3.05) is 7.11 Å². The summed E-state index contributed by atoms with van der Waals surface area (Å²) in [4.78, 5) is 11.4. The highest BCUT2D eigenvalue weighted by molar-refractivity contribution is 7.07. The fourth-order valence-electron chi connectivity index (χ4n) is 2.08. The Labute approximate surface area is 116 Å². The molecule has 3 nitrogen and oxygen atoms in total. The van der Waals surface area contributed by atoms with Gasteiger partial charge in [0.25, 0.3) is 0 Å². The Hall–Kier alpha value is -1.81. The highest BCUT2D eigenvalue weighted by Gasteiger charge is 2.20. The molecule has 0 aliphatic rings. The minimum Gasteiger partial charge on any atom is -0.496 e. The van der Waals surface area contributed by atoms with E-state index in [1.807, 2.05) is 41.1 Å². The molecule has 1 aromatic carbocycles. The summed E-state index contributed by atoms with van der Waals surface area (Å²) >= 11 is 1.59. The van der Waals surface area contributed by atoms with Crippen molar-refractivity contribution in [3.63, 3.8) is 0 Å². The summed E-state index contributed by atoms with van der Waals surface area (Å²) in [5.41, 5.74) is 2.01. The highest BCUT2D eigenvalue weighted by atomic mass is 32.1. The molecule has 1 N–H and O–H groups in total. The van der Waals surface area contributed by atoms with E-state index in [1.165, 1.54) is 0 Å². The second kappa shape index (κ2) is 6.38. The van der Waals surface area contributed by atoms with Crippen LogP contribution in [-0.4, -0.2) is 18.2 Å². The van der Waals surface area contributed by atoms with Crippen LogP contribution in [0.15, 0.2) is 41.1 Å². The van der Waals surface area contributed by atoms with E-state index in [4.69, 9.17) is 4.74 Å². The molecule has 0 bridgehead atoms. The van der Waals surface area contributed by atoms with Gasteiger partial charge < -0.3 is 9.84 Å². The molecule has 19 heavy (non-hydrogen) atoms. The predicted molar refractivity (Wildman–Crippen MR) is 75.8 cm³/mol. The number of methoxy groups -OCH3 is 1. The van der Waals surface area contributed by atoms with Gasteiger partial charge in [-0.1, -0.05) is 18.2 Å². The molecular weight excluding hydrogens is 260 g/mol. The van der Waals surface area contributed by atoms with E-state index in [1.54, 1.807) is 18.4 Å². The van der Waals surface area contributed by atoms with E-state index in [0.29, 0.717) is 12.8 Å². The number of benzene rings is 1. The Morgan fingerprint density at radius 3 is 2.74 bits per heavy atom. The Bertz CT molecular complexity index is 534. The van der Waals surface area contributed by atoms with Crippen LogP contribution in [0.2, 0.25) is 0 Å². The molecule has 1 aromatic heterocycles. The Morgan fingerprint density at radius 1 is 1.32 bits per heavy atom. The molecule has 0 amide bonds. The number of hydrogen-bond acceptors (Lipinski definition) is 3. The van der Waals surface area contributed by atoms with Gasteiger partial charge in [-0.2, -0.15) is 11.3 Å². The number of carbonyl (C=O) groups is 1. The first-order chi connectivity index (χ1) is 9.20. The first-order valence-electron chi connectivity index (χ1n) is 6.06. The average molecular weight is 276 g/mol. The van der Waals surface area contributed by atoms with Crippen molar-refractivity contribution in [1.29, 1.82) is 0 Å². The molecule has 1 unspecified atom stereocenters. The predicted octanol–water partition coefficient (Wildman–Crippen LogP) is 3.24. The van der Waals surface area contributed by atoms with Crippen molar-refractivity contribution in [3.05, 3.63) is 52.2 Å². The van der Waals surface area contributed by atoms with Crippen molar-refractivity contribution in [1.82, 2.24) is 0 Å². The third kappa shape index (κ3) is 3.58. The van der Waals surface area contributed by atoms with Crippen LogP contribution in [0.5, 0.6) is 5.75 Å². The largest absolute Gasteiger partial charge is 0.496 e. The van der Waals surface area contributed by atoms with Gasteiger partial charge in [0.15, 0.2) is 0 Å². The zero-order valence-corrected chi connectivity index (χ0v) is 11.5. The number of para-hydroxylation sites is 1. The average Bonchev–Trinajstić information content (AvgIpc) is 2.91. The Kier molecular flexibility index (Phi) is 4.58. The van der Waals surface area contributed by atoms with Crippen molar-refractivity contribution in [3.8, 4) is 5.75 Å². The summed E-state index contributed by atoms with van der Waals surface area (Å²) in [6.07, 6.45) is 1.03. The molecule has 0 spiro atoms. The monoisotopic (exact) mass is 276 g/mol. The third-order valence-corrected chi connectivity index (χ3v) is 3.80. The fourth-order valence-corrected chi connectivity index (χ4v) is 2.76. The van der Waals surface area contributed by atoms with Gasteiger partial charge in [-0.25, -0.2) is 0 Å². The van der Waals surface area contributed by atoms with Crippen LogP contribution in [0.1, 0.15) is 11.1 Å². The highest BCUT2D eigenvalue weighted by Crippen LogP contribution is 2.23. The van der Waals surface area contributed by atoms with Gasteiger partial charge in [-0.3, -0.25) is 4.79 Å². The first-order valence-corrected chi connectivity index (χ1v) is 7.00. The van der Waals surface area contributed by atoms with Crippen molar-refractivity contribution < 1.29 is 14.6 Å². The fraction of sp³-hybridized carbons (Fsp3) is 0.267. The minimum atomic E-state index is -0.767. The number of rotatable bonds is 6. The first kappa shape index (κ1) is 13.6. The number of aliphatic carboxylic acids is 1. The lowest BCUT2D eigenvalue weighted by Gasteiger charge is -2.14. The van der Waals surface area contributed by atoms with Crippen LogP contribution in [0.3, 0.4) is 0 Å². The molecular formula is C15H16O3S. The van der Waals surface area contributed by atoms with Gasteiger partial charge >= 0.3 is 5.97 Å². The van der Waals surface area contributed by atoms with Crippen LogP contribution >= 0.6 is 11.3 Å². The van der Waals surface area contributed by atoms with Crippen LogP contribution in [-0.2, 0) is 17.6 Å². The lowest BCUT2D eigenvalue weighted by molar-refractivity contribution is -0.141. The van der Waals surface area contributed by atoms with Crippen LogP contribution in [0.4, 0.5) is 0 Å². The lowest BCUT2D eigenvalue weighted by Crippen LogP contribution is -2.19. The van der Waals surface area contributed by atoms with E-state index in [2.05, 4.69) is 0 Å². The van der Waals surface area contributed by atoms with Gasteiger partial charge in [0.05, 0.1) is 13.0 Å². The summed E-state index contributed by atoms with van der Waals surface area (Å²) in [7, 11) is 1.60. The quantitative estimate of drug-likeness (QED) is 0.881. The van der Waals surface area contributed by atoms with Gasteiger partial charge in [0.1, 0.15) is 5.75 Å². The molecule has 0 aliphatic heterocycles. The second-order valence-electron chi connectivity index (χ2n) is 4.39. The van der Waals surface area contributed by atoms with E-state index in [0.717, 1.165) is 16.9 Å². The van der Waals surface area contributed by atoms with Crippen LogP contribution in [0.25, 0.3) is 0 Å². The number of ether oxygens (including phenoxy) is 1. The summed E-state index contributed by atoms with van der Waals surface area (Å²) < 4.78 is 5.27. The molecule has 0 saturated heterocycles. The molecule has 2 aromatic rings. The molecule has 2 rings (SSSR count). The van der Waals surface area contributed by atoms with Crippen LogP contribution < -0.4 is 4.74 Å². The molecule has 0 fully saturated rings. The second-order valence-corrected chi connectivity index (χ2v) is 5.17. The van der Waals surface area contributed by atoms with E-state index >= 15 is 0 Å². The molecule has 0 radical (unpaired) electrons. The molecule has 100 valence electrons. The minimum absolute atomic E-state index is 0.425. The Balaban J connectivity index is 2.14. The molecule has 0 aliphatic carbocycles. The summed E-state index contributed by atoms with van der Waals surface area (Å²) in [5.74, 6) is -0.443. The molecule has 0 saturated carbocycles. The third-order valence-electron chi connectivity index (χ3n) is 3.07. The SMILES string of the molecule is COc1ccccc1CC(Cc1ccsc1)C(=O)O. The number of thiophene rings is 1. The maximum Gasteiger partial charge on any atom is 0.307 e. The standard InChI is InChI=1S/C15H16O3S/c1-18-14-5-3-2-4-12(14)9-13(15(16)17)8-11-6-7-19-10-11/h2-7,10,13H,8-9H2,1H3,(H,16,17). The number of carboxylic acid groups (broad SMARTS) is 1. The van der Waals surface area contributed by atoms with Crippen molar-refractivity contribution in [2.45, 2.75) is 12.8 Å². The Morgan fingerprint density at radius 2 is 2.11 bits per heavy atom. The number of hydrogen-bond donors (Lipinski definition) is 1. The van der Waals surface area contributed by atoms with Gasteiger partial charge in [-0.15, -0.1) is 0 Å². The van der Waals surface area contributed by atoms with Gasteiger partial charge in [0, 0.05) is 0 Å². The lowest BCUT2D eigenvalue weighted by atomic mass is 9.93. The van der Waals surface area contributed by atoms with E-state index in [9.17, 15) is 9.90 Å². The van der Waals surface area contributed by atoms with E-state index < -0.39 is 11.9 Å². The van der Waals surface area contributed by atoms with E-state index in [-0.39, 0.29) is 0 Å². The summed E-state index contributed by atoms with van der Waals surface area (Å²) in [5, 5.41) is 13.3. The zero-order chi connectivity index (χ0) is 13.7. The van der Waals surface area contributed by atoms with Gasteiger partial charge in [0.2, 0.25) is 0 Å². The van der Waals surface area contributed by atoms with Crippen LogP contribution in [0, 0.1) is 5.92 Å². The zero-order valence-electron chi connectivity index (χ0n) is 10.7. The molecule has 1 atom stereocenters. The molecule has 1 heterocycles.